The lowest BCUT2D eigenvalue weighted by atomic mass is 10.0. The third-order valence-corrected chi connectivity index (χ3v) is 3.93. The van der Waals surface area contributed by atoms with E-state index in [-0.39, 0.29) is 5.60 Å². The molecule has 2 fully saturated rings. The first-order valence-electron chi connectivity index (χ1n) is 6.29. The highest BCUT2D eigenvalue weighted by Gasteiger charge is 2.35. The van der Waals surface area contributed by atoms with E-state index >= 15 is 0 Å². The highest BCUT2D eigenvalue weighted by atomic mass is 16.5. The molecule has 94 valence electrons. The van der Waals surface area contributed by atoms with E-state index in [1.54, 1.807) is 7.11 Å². The number of likely N-dealkylation sites (tertiary alicyclic amines) is 1. The van der Waals surface area contributed by atoms with Crippen molar-refractivity contribution in [2.24, 2.45) is 0 Å². The van der Waals surface area contributed by atoms with Gasteiger partial charge in [-0.05, 0) is 33.0 Å². The molecule has 2 aliphatic rings. The maximum Gasteiger partial charge on any atom is 0.106 e. The second-order valence-corrected chi connectivity index (χ2v) is 5.15. The zero-order valence-corrected chi connectivity index (χ0v) is 10.5. The van der Waals surface area contributed by atoms with Crippen molar-refractivity contribution in [1.29, 1.82) is 0 Å². The molecule has 0 aromatic carbocycles. The van der Waals surface area contributed by atoms with Crippen LogP contribution in [0.3, 0.4) is 0 Å². The summed E-state index contributed by atoms with van der Waals surface area (Å²) in [4.78, 5) is 2.39. The minimum atomic E-state index is -0.0661. The van der Waals surface area contributed by atoms with Gasteiger partial charge in [-0.2, -0.15) is 0 Å². The summed E-state index contributed by atoms with van der Waals surface area (Å²) in [5.41, 5.74) is -0.0661. The molecule has 0 saturated carbocycles. The molecule has 0 bridgehead atoms. The molecule has 1 unspecified atom stereocenters. The second-order valence-electron chi connectivity index (χ2n) is 5.15. The lowest BCUT2D eigenvalue weighted by Gasteiger charge is -2.33. The predicted octanol–water partition coefficient (Wildman–Crippen LogP) is 0.476. The summed E-state index contributed by atoms with van der Waals surface area (Å²) in [5.74, 6) is 0. The molecule has 0 aromatic rings. The van der Waals surface area contributed by atoms with Gasteiger partial charge in [-0.3, -0.25) is 0 Å². The number of hydrogen-bond donors (Lipinski definition) is 1. The van der Waals surface area contributed by atoms with E-state index < -0.39 is 0 Å². The van der Waals surface area contributed by atoms with Crippen LogP contribution >= 0.6 is 0 Å². The van der Waals surface area contributed by atoms with E-state index in [1.807, 2.05) is 0 Å². The molecule has 4 nitrogen and oxygen atoms in total. The summed E-state index contributed by atoms with van der Waals surface area (Å²) < 4.78 is 11.0. The Labute approximate surface area is 98.3 Å². The van der Waals surface area contributed by atoms with Gasteiger partial charge >= 0.3 is 0 Å². The van der Waals surface area contributed by atoms with E-state index in [4.69, 9.17) is 9.47 Å². The molecule has 0 aromatic heterocycles. The standard InChI is InChI=1S/C12H24N2O2/c1-14-6-3-11(4-7-14)13-9-12(15-2)5-8-16-10-12/h11,13H,3-10H2,1-2H3. The van der Waals surface area contributed by atoms with Crippen LogP contribution in [-0.2, 0) is 9.47 Å². The fourth-order valence-corrected chi connectivity index (χ4v) is 2.50. The topological polar surface area (TPSA) is 33.7 Å². The lowest BCUT2D eigenvalue weighted by Crippen LogP contribution is -2.49. The van der Waals surface area contributed by atoms with Crippen LogP contribution in [0.5, 0.6) is 0 Å². The van der Waals surface area contributed by atoms with Gasteiger partial charge in [-0.25, -0.2) is 0 Å². The van der Waals surface area contributed by atoms with Crippen molar-refractivity contribution in [3.05, 3.63) is 0 Å². The average molecular weight is 228 g/mol. The first-order chi connectivity index (χ1) is 7.74. The Balaban J connectivity index is 1.73. The van der Waals surface area contributed by atoms with Crippen LogP contribution in [0.4, 0.5) is 0 Å². The zero-order chi connectivity index (χ0) is 11.4. The Morgan fingerprint density at radius 3 is 2.75 bits per heavy atom. The molecule has 1 atom stereocenters. The van der Waals surface area contributed by atoms with Gasteiger partial charge in [0.05, 0.1) is 6.61 Å². The second kappa shape index (κ2) is 5.45. The van der Waals surface area contributed by atoms with Gasteiger partial charge in [0.15, 0.2) is 0 Å². The van der Waals surface area contributed by atoms with E-state index in [0.29, 0.717) is 6.04 Å². The van der Waals surface area contributed by atoms with Crippen LogP contribution in [-0.4, -0.2) is 63.5 Å². The van der Waals surface area contributed by atoms with Crippen LogP contribution in [0.15, 0.2) is 0 Å². The third kappa shape index (κ3) is 2.94. The number of nitrogens with zero attached hydrogens (tertiary/aromatic N) is 1. The average Bonchev–Trinajstić information content (AvgIpc) is 2.78. The van der Waals surface area contributed by atoms with Gasteiger partial charge < -0.3 is 19.7 Å². The number of methoxy groups -OCH3 is 1. The molecule has 2 saturated heterocycles. The molecule has 0 radical (unpaired) electrons. The minimum Gasteiger partial charge on any atom is -0.378 e. The van der Waals surface area contributed by atoms with Gasteiger partial charge in [0, 0.05) is 32.7 Å². The van der Waals surface area contributed by atoms with E-state index in [9.17, 15) is 0 Å². The highest BCUT2D eigenvalue weighted by molar-refractivity contribution is 4.89. The molecule has 2 heterocycles. The Hall–Kier alpha value is -0.160. The zero-order valence-electron chi connectivity index (χ0n) is 10.5. The van der Waals surface area contributed by atoms with Gasteiger partial charge in [0.25, 0.3) is 0 Å². The summed E-state index contributed by atoms with van der Waals surface area (Å²) >= 11 is 0. The quantitative estimate of drug-likeness (QED) is 0.758. The Morgan fingerprint density at radius 1 is 1.44 bits per heavy atom. The summed E-state index contributed by atoms with van der Waals surface area (Å²) in [7, 11) is 3.99. The monoisotopic (exact) mass is 228 g/mol. The number of piperidine rings is 1. The van der Waals surface area contributed by atoms with Crippen molar-refractivity contribution in [2.75, 3.05) is 47.0 Å². The summed E-state index contributed by atoms with van der Waals surface area (Å²) in [6, 6.07) is 0.656. The Morgan fingerprint density at radius 2 is 2.19 bits per heavy atom. The van der Waals surface area contributed by atoms with Crippen LogP contribution in [0, 0.1) is 0 Å². The van der Waals surface area contributed by atoms with Crippen LogP contribution in [0.1, 0.15) is 19.3 Å². The van der Waals surface area contributed by atoms with E-state index in [0.717, 1.165) is 26.2 Å². The fraction of sp³-hybridized carbons (Fsp3) is 1.00. The normalized spacial score (nSPS) is 33.4. The first-order valence-corrected chi connectivity index (χ1v) is 6.29. The van der Waals surface area contributed by atoms with Crippen molar-refractivity contribution in [3.63, 3.8) is 0 Å². The maximum atomic E-state index is 5.61. The van der Waals surface area contributed by atoms with Crippen molar-refractivity contribution in [3.8, 4) is 0 Å². The first kappa shape index (κ1) is 12.3. The lowest BCUT2D eigenvalue weighted by molar-refractivity contribution is -0.0186. The molecule has 0 aliphatic carbocycles. The van der Waals surface area contributed by atoms with Crippen molar-refractivity contribution in [1.82, 2.24) is 10.2 Å². The van der Waals surface area contributed by atoms with Crippen LogP contribution < -0.4 is 5.32 Å². The third-order valence-electron chi connectivity index (χ3n) is 3.93. The predicted molar refractivity (Wildman–Crippen MR) is 63.7 cm³/mol. The van der Waals surface area contributed by atoms with Crippen molar-refractivity contribution in [2.45, 2.75) is 30.9 Å². The SMILES string of the molecule is COC1(CNC2CCN(C)CC2)CCOC1. The molecule has 0 spiro atoms. The molecule has 1 N–H and O–H groups in total. The van der Waals surface area contributed by atoms with Crippen LogP contribution in [0.2, 0.25) is 0 Å². The van der Waals surface area contributed by atoms with Gasteiger partial charge in [-0.15, -0.1) is 0 Å². The van der Waals surface area contributed by atoms with Gasteiger partial charge in [0.1, 0.15) is 5.60 Å². The molecule has 4 heteroatoms. The fourth-order valence-electron chi connectivity index (χ4n) is 2.50. The van der Waals surface area contributed by atoms with Crippen LogP contribution in [0.25, 0.3) is 0 Å². The molecule has 2 aliphatic heterocycles. The van der Waals surface area contributed by atoms with Gasteiger partial charge in [0.2, 0.25) is 0 Å². The molecule has 16 heavy (non-hydrogen) atoms. The summed E-state index contributed by atoms with van der Waals surface area (Å²) in [6.45, 7) is 4.91. The smallest absolute Gasteiger partial charge is 0.106 e. The van der Waals surface area contributed by atoms with Crippen molar-refractivity contribution >= 4 is 0 Å². The summed E-state index contributed by atoms with van der Waals surface area (Å²) in [5, 5.41) is 3.64. The van der Waals surface area contributed by atoms with Gasteiger partial charge in [-0.1, -0.05) is 0 Å². The van der Waals surface area contributed by atoms with E-state index in [1.165, 1.54) is 25.9 Å². The number of ether oxygens (including phenoxy) is 2. The highest BCUT2D eigenvalue weighted by Crippen LogP contribution is 2.22. The summed E-state index contributed by atoms with van der Waals surface area (Å²) in [6.07, 6.45) is 3.51. The Kier molecular flexibility index (Phi) is 4.19. The molecule has 0 amide bonds. The largest absolute Gasteiger partial charge is 0.378 e. The Bertz CT molecular complexity index is 209. The van der Waals surface area contributed by atoms with Crippen molar-refractivity contribution < 1.29 is 9.47 Å². The van der Waals surface area contributed by atoms with E-state index in [2.05, 4.69) is 17.3 Å². The molecular weight excluding hydrogens is 204 g/mol. The number of rotatable bonds is 4. The maximum absolute atomic E-state index is 5.61. The number of hydrogen-bond acceptors (Lipinski definition) is 4. The molecule has 2 rings (SSSR count). The number of nitrogens with one attached hydrogen (secondary N) is 1. The minimum absolute atomic E-state index is 0.0661. The molecular formula is C12H24N2O2.